The number of halogens is 1. The minimum Gasteiger partial charge on any atom is -0.870 e. The zero-order valence-electron chi connectivity index (χ0n) is 6.08. The number of hydrogen-bond acceptors (Lipinski definition) is 2. The van der Waals surface area contributed by atoms with E-state index >= 15 is 0 Å². The van der Waals surface area contributed by atoms with Gasteiger partial charge in [-0.1, -0.05) is 0 Å². The molecule has 0 aliphatic heterocycles. The van der Waals surface area contributed by atoms with Gasteiger partial charge < -0.3 is 11.0 Å². The fraction of sp³-hybridized carbons (Fsp3) is 0.143. The third-order valence-corrected chi connectivity index (χ3v) is 1.23. The van der Waals surface area contributed by atoms with E-state index in [9.17, 15) is 4.39 Å². The first-order valence-electron chi connectivity index (χ1n) is 2.72. The molecule has 58 valence electrons. The first kappa shape index (κ1) is 12.8. The summed E-state index contributed by atoms with van der Waals surface area (Å²) < 4.78 is 12.3. The zero-order valence-corrected chi connectivity index (χ0v) is 6.08. The van der Waals surface area contributed by atoms with Crippen LogP contribution >= 0.6 is 0 Å². The molecule has 0 radical (unpaired) electrons. The molecule has 0 bridgehead atoms. The van der Waals surface area contributed by atoms with Crippen LogP contribution in [-0.2, 0) is 0 Å². The fourth-order valence-electron chi connectivity index (χ4n) is 0.639. The Morgan fingerprint density at radius 3 is 2.18 bits per heavy atom. The van der Waals surface area contributed by atoms with Crippen molar-refractivity contribution < 1.29 is 15.3 Å². The largest absolute Gasteiger partial charge is 0.870 e. The Kier molecular flexibility index (Phi) is 5.66. The van der Waals surface area contributed by atoms with Gasteiger partial charge in [0.2, 0.25) is 0 Å². The number of aryl methyl sites for hydroxylation is 1. The molecule has 1 aromatic rings. The number of hydrogen-bond donors (Lipinski definition) is 0. The Balaban J connectivity index is 0. The Morgan fingerprint density at radius 1 is 1.27 bits per heavy atom. The van der Waals surface area contributed by atoms with Crippen LogP contribution in [0.4, 0.5) is 4.39 Å². The van der Waals surface area contributed by atoms with Crippen LogP contribution in [0.3, 0.4) is 0 Å². The molecule has 0 aromatic heterocycles. The molecule has 0 fully saturated rings. The van der Waals surface area contributed by atoms with Crippen molar-refractivity contribution in [2.45, 2.75) is 6.92 Å². The van der Waals surface area contributed by atoms with E-state index < -0.39 is 0 Å². The van der Waals surface area contributed by atoms with Crippen molar-refractivity contribution in [1.82, 2.24) is 0 Å². The Morgan fingerprint density at radius 2 is 1.82 bits per heavy atom. The Bertz CT molecular complexity index is 228. The maximum Gasteiger partial charge on any atom is -0.870 e. The van der Waals surface area contributed by atoms with Crippen LogP contribution in [0.5, 0.6) is 0 Å². The van der Waals surface area contributed by atoms with Gasteiger partial charge in [0, 0.05) is 0 Å². The predicted octanol–water partition coefficient (Wildman–Crippen LogP) is 0.574. The van der Waals surface area contributed by atoms with Crippen LogP contribution in [-0.4, -0.2) is 18.8 Å². The molecule has 0 spiro atoms. The summed E-state index contributed by atoms with van der Waals surface area (Å²) in [5, 5.41) is 0. The van der Waals surface area contributed by atoms with Crippen LogP contribution in [0.2, 0.25) is 0 Å². The zero-order chi connectivity index (χ0) is 6.85. The molecular formula is C7H8BFO2. The van der Waals surface area contributed by atoms with Gasteiger partial charge in [-0.2, -0.15) is 0 Å². The average molecular weight is 154 g/mol. The fourth-order valence-corrected chi connectivity index (χ4v) is 0.639. The van der Waals surface area contributed by atoms with Crippen molar-refractivity contribution >= 4 is 13.3 Å². The van der Waals surface area contributed by atoms with E-state index in [-0.39, 0.29) is 16.8 Å². The van der Waals surface area contributed by atoms with Crippen LogP contribution in [0.25, 0.3) is 0 Å². The molecule has 0 heterocycles. The van der Waals surface area contributed by atoms with E-state index in [0.29, 0.717) is 5.46 Å². The summed E-state index contributed by atoms with van der Waals surface area (Å²) in [7, 11) is 5.42. The standard InChI is InChI=1S/C7H6BF.2H2O/c1-5-4-6(9)2-3-7(5)8;;/h2-4H,1H3;2*1H2/q+2;;/p-2. The Labute approximate surface area is 66.1 Å². The van der Waals surface area contributed by atoms with Gasteiger partial charge in [0.25, 0.3) is 0 Å². The van der Waals surface area contributed by atoms with Crippen molar-refractivity contribution in [1.29, 1.82) is 0 Å². The summed E-state index contributed by atoms with van der Waals surface area (Å²) in [6, 6.07) is 4.32. The summed E-state index contributed by atoms with van der Waals surface area (Å²) in [6.45, 7) is 1.78. The minimum atomic E-state index is -0.235. The second-order valence-corrected chi connectivity index (χ2v) is 2.00. The first-order valence-corrected chi connectivity index (χ1v) is 2.72. The average Bonchev–Trinajstić information content (AvgIpc) is 1.80. The van der Waals surface area contributed by atoms with Crippen LogP contribution in [0, 0.1) is 12.7 Å². The van der Waals surface area contributed by atoms with Gasteiger partial charge in [-0.25, -0.2) is 0 Å². The molecule has 1 aromatic carbocycles. The first-order chi connectivity index (χ1) is 4.20. The minimum absolute atomic E-state index is 0. The third kappa shape index (κ3) is 3.16. The monoisotopic (exact) mass is 154 g/mol. The summed E-state index contributed by atoms with van der Waals surface area (Å²) in [4.78, 5) is 0. The van der Waals surface area contributed by atoms with Gasteiger partial charge in [-0.05, 0) is 0 Å². The van der Waals surface area contributed by atoms with E-state index in [1.54, 1.807) is 13.0 Å². The van der Waals surface area contributed by atoms with Crippen molar-refractivity contribution in [3.05, 3.63) is 29.6 Å². The van der Waals surface area contributed by atoms with Crippen LogP contribution in [0.1, 0.15) is 5.56 Å². The predicted molar refractivity (Wildman–Crippen MR) is 40.4 cm³/mol. The molecule has 0 saturated heterocycles. The Hall–Kier alpha value is -0.865. The molecule has 0 saturated carbocycles. The van der Waals surface area contributed by atoms with E-state index in [1.807, 2.05) is 0 Å². The summed E-state index contributed by atoms with van der Waals surface area (Å²) in [6.07, 6.45) is 0. The van der Waals surface area contributed by atoms with Gasteiger partial charge in [0.15, 0.2) is 0 Å². The van der Waals surface area contributed by atoms with Gasteiger partial charge in [-0.15, -0.1) is 0 Å². The molecule has 0 aliphatic carbocycles. The normalized spacial score (nSPS) is 8.00. The summed E-state index contributed by atoms with van der Waals surface area (Å²) in [5.74, 6) is -0.235. The van der Waals surface area contributed by atoms with Crippen molar-refractivity contribution in [2.24, 2.45) is 0 Å². The summed E-state index contributed by atoms with van der Waals surface area (Å²) in [5.41, 5.74) is 1.42. The van der Waals surface area contributed by atoms with Gasteiger partial charge in [-0.3, -0.25) is 0 Å². The molecule has 0 unspecified atom stereocenters. The molecule has 11 heavy (non-hydrogen) atoms. The second kappa shape index (κ2) is 4.88. The molecule has 4 heteroatoms. The van der Waals surface area contributed by atoms with E-state index in [0.717, 1.165) is 5.56 Å². The molecule has 2 nitrogen and oxygen atoms in total. The molecule has 0 atom stereocenters. The van der Waals surface area contributed by atoms with Crippen LogP contribution in [0.15, 0.2) is 18.2 Å². The van der Waals surface area contributed by atoms with E-state index in [4.69, 9.17) is 7.85 Å². The maximum absolute atomic E-state index is 12.3. The van der Waals surface area contributed by atoms with Crippen molar-refractivity contribution in [3.8, 4) is 0 Å². The number of rotatable bonds is 0. The van der Waals surface area contributed by atoms with Gasteiger partial charge >= 0.3 is 54.2 Å². The van der Waals surface area contributed by atoms with E-state index in [1.165, 1.54) is 12.1 Å². The number of benzene rings is 1. The van der Waals surface area contributed by atoms with Crippen molar-refractivity contribution in [2.75, 3.05) is 0 Å². The smallest absolute Gasteiger partial charge is 0.870 e. The molecule has 0 aliphatic rings. The quantitative estimate of drug-likeness (QED) is 0.513. The van der Waals surface area contributed by atoms with Crippen LogP contribution < -0.4 is 5.46 Å². The van der Waals surface area contributed by atoms with E-state index in [2.05, 4.69) is 0 Å². The topological polar surface area (TPSA) is 60.0 Å². The SMILES string of the molecule is [B+2]c1ccc(F)cc1C.[OH-].[OH-]. The summed E-state index contributed by atoms with van der Waals surface area (Å²) >= 11 is 0. The third-order valence-electron chi connectivity index (χ3n) is 1.23. The molecule has 0 amide bonds. The van der Waals surface area contributed by atoms with Gasteiger partial charge in [0.1, 0.15) is 0 Å². The molecular weight excluding hydrogens is 146 g/mol. The van der Waals surface area contributed by atoms with Gasteiger partial charge in [0.05, 0.1) is 0 Å². The second-order valence-electron chi connectivity index (χ2n) is 2.00. The molecule has 2 N–H and O–H groups in total. The molecule has 1 rings (SSSR count). The van der Waals surface area contributed by atoms with Crippen molar-refractivity contribution in [3.63, 3.8) is 0 Å². The maximum atomic E-state index is 12.3.